The Morgan fingerprint density at radius 2 is 1.59 bits per heavy atom. The average molecular weight is 576 g/mol. The van der Waals surface area contributed by atoms with Gasteiger partial charge in [-0.3, -0.25) is 13.9 Å². The number of nitrogens with one attached hydrogen (secondary N) is 1. The SMILES string of the molecule is CCOc1ccc(N(CC(=O)N(Cc2ccc(F)cc2)C(CC)C(=O)NC)S(=O)(=O)c2ccc(Cl)cc2)cc1. The van der Waals surface area contributed by atoms with E-state index in [1.807, 2.05) is 6.92 Å². The lowest BCUT2D eigenvalue weighted by molar-refractivity contribution is -0.140. The molecule has 3 aromatic rings. The van der Waals surface area contributed by atoms with E-state index < -0.39 is 40.2 Å². The summed E-state index contributed by atoms with van der Waals surface area (Å²) in [7, 11) is -2.76. The van der Waals surface area contributed by atoms with Gasteiger partial charge in [-0.2, -0.15) is 0 Å². The summed E-state index contributed by atoms with van der Waals surface area (Å²) >= 11 is 5.97. The predicted octanol–water partition coefficient (Wildman–Crippen LogP) is 4.63. The maximum atomic E-state index is 13.8. The molecule has 0 aliphatic heterocycles. The first kappa shape index (κ1) is 29.9. The minimum absolute atomic E-state index is 0.0247. The Morgan fingerprint density at radius 1 is 0.974 bits per heavy atom. The first-order valence-corrected chi connectivity index (χ1v) is 14.2. The molecule has 0 aliphatic rings. The highest BCUT2D eigenvalue weighted by molar-refractivity contribution is 7.92. The van der Waals surface area contributed by atoms with Gasteiger partial charge in [-0.05, 0) is 79.6 Å². The fourth-order valence-electron chi connectivity index (χ4n) is 4.01. The van der Waals surface area contributed by atoms with E-state index in [1.165, 1.54) is 60.5 Å². The summed E-state index contributed by atoms with van der Waals surface area (Å²) in [6.07, 6.45) is 0.277. The number of carbonyl (C=O) groups excluding carboxylic acids is 2. The zero-order valence-electron chi connectivity index (χ0n) is 21.9. The molecule has 2 amide bonds. The number of sulfonamides is 1. The number of halogens is 2. The van der Waals surface area contributed by atoms with Gasteiger partial charge in [-0.25, -0.2) is 12.8 Å². The van der Waals surface area contributed by atoms with Crippen LogP contribution < -0.4 is 14.4 Å². The molecule has 0 aromatic heterocycles. The fraction of sp³-hybridized carbons (Fsp3) is 0.286. The van der Waals surface area contributed by atoms with E-state index in [4.69, 9.17) is 16.3 Å². The van der Waals surface area contributed by atoms with Crippen LogP contribution in [0.1, 0.15) is 25.8 Å². The molecule has 11 heteroatoms. The molecule has 208 valence electrons. The molecule has 8 nitrogen and oxygen atoms in total. The highest BCUT2D eigenvalue weighted by Gasteiger charge is 2.33. The average Bonchev–Trinajstić information content (AvgIpc) is 2.93. The van der Waals surface area contributed by atoms with Crippen LogP contribution in [0.5, 0.6) is 5.75 Å². The van der Waals surface area contributed by atoms with Crippen LogP contribution in [0, 0.1) is 5.82 Å². The third-order valence-electron chi connectivity index (χ3n) is 6.01. The molecule has 39 heavy (non-hydrogen) atoms. The summed E-state index contributed by atoms with van der Waals surface area (Å²) in [5, 5.41) is 2.92. The Kier molecular flexibility index (Phi) is 10.3. The van der Waals surface area contributed by atoms with Crippen molar-refractivity contribution in [2.45, 2.75) is 37.8 Å². The Bertz CT molecular complexity index is 1370. The Balaban J connectivity index is 2.05. The number of amides is 2. The number of likely N-dealkylation sites (N-methyl/N-ethyl adjacent to an activating group) is 1. The van der Waals surface area contributed by atoms with Crippen LogP contribution in [0.3, 0.4) is 0 Å². The van der Waals surface area contributed by atoms with E-state index in [9.17, 15) is 22.4 Å². The van der Waals surface area contributed by atoms with Gasteiger partial charge in [0.15, 0.2) is 0 Å². The largest absolute Gasteiger partial charge is 0.494 e. The van der Waals surface area contributed by atoms with Gasteiger partial charge in [0, 0.05) is 18.6 Å². The van der Waals surface area contributed by atoms with Crippen molar-refractivity contribution < 1.29 is 27.1 Å². The van der Waals surface area contributed by atoms with Crippen LogP contribution in [-0.2, 0) is 26.2 Å². The number of hydrogen-bond acceptors (Lipinski definition) is 5. The minimum atomic E-state index is -4.23. The zero-order chi connectivity index (χ0) is 28.6. The first-order chi connectivity index (χ1) is 18.6. The number of hydrogen-bond donors (Lipinski definition) is 1. The van der Waals surface area contributed by atoms with Gasteiger partial charge in [0.1, 0.15) is 24.2 Å². The van der Waals surface area contributed by atoms with Gasteiger partial charge in [0.2, 0.25) is 11.8 Å². The quantitative estimate of drug-likeness (QED) is 0.340. The highest BCUT2D eigenvalue weighted by Crippen LogP contribution is 2.27. The third-order valence-corrected chi connectivity index (χ3v) is 8.05. The van der Waals surface area contributed by atoms with Crippen LogP contribution in [0.2, 0.25) is 5.02 Å². The van der Waals surface area contributed by atoms with Crippen molar-refractivity contribution in [3.8, 4) is 5.75 Å². The number of rotatable bonds is 12. The van der Waals surface area contributed by atoms with E-state index in [0.29, 0.717) is 22.9 Å². The van der Waals surface area contributed by atoms with Crippen LogP contribution in [-0.4, -0.2) is 51.4 Å². The van der Waals surface area contributed by atoms with Crippen molar-refractivity contribution in [3.05, 3.63) is 89.2 Å². The van der Waals surface area contributed by atoms with Crippen LogP contribution in [0.25, 0.3) is 0 Å². The molecule has 1 N–H and O–H groups in total. The van der Waals surface area contributed by atoms with Crippen molar-refractivity contribution in [1.29, 1.82) is 0 Å². The summed E-state index contributed by atoms with van der Waals surface area (Å²) in [5.74, 6) is -0.909. The standard InChI is InChI=1S/C28H31ClFN3O5S/c1-4-26(28(35)31-3)32(18-20-6-10-22(30)11-7-20)27(34)19-33(23-12-14-24(15-13-23)38-5-2)39(36,37)25-16-8-21(29)9-17-25/h6-17,26H,4-5,18-19H2,1-3H3,(H,31,35). The fourth-order valence-corrected chi connectivity index (χ4v) is 5.55. The van der Waals surface area contributed by atoms with Crippen molar-refractivity contribution in [3.63, 3.8) is 0 Å². The van der Waals surface area contributed by atoms with Gasteiger partial charge < -0.3 is 15.0 Å². The lowest BCUT2D eigenvalue weighted by atomic mass is 10.1. The molecular weight excluding hydrogens is 545 g/mol. The molecule has 1 atom stereocenters. The van der Waals surface area contributed by atoms with Crippen LogP contribution in [0.15, 0.2) is 77.7 Å². The lowest BCUT2D eigenvalue weighted by Crippen LogP contribution is -2.51. The molecule has 0 heterocycles. The molecule has 0 aliphatic carbocycles. The lowest BCUT2D eigenvalue weighted by Gasteiger charge is -2.33. The molecule has 0 radical (unpaired) electrons. The van der Waals surface area contributed by atoms with Gasteiger partial charge >= 0.3 is 0 Å². The van der Waals surface area contributed by atoms with Gasteiger partial charge in [0.05, 0.1) is 17.2 Å². The molecule has 0 saturated carbocycles. The second-order valence-electron chi connectivity index (χ2n) is 8.58. The second-order valence-corrected chi connectivity index (χ2v) is 10.9. The van der Waals surface area contributed by atoms with E-state index in [0.717, 1.165) is 4.31 Å². The van der Waals surface area contributed by atoms with E-state index in [1.54, 1.807) is 31.2 Å². The molecule has 0 spiro atoms. The van der Waals surface area contributed by atoms with E-state index >= 15 is 0 Å². The maximum absolute atomic E-state index is 13.8. The minimum Gasteiger partial charge on any atom is -0.494 e. The molecular formula is C28H31ClFN3O5S. The molecule has 0 bridgehead atoms. The second kappa shape index (κ2) is 13.4. The topological polar surface area (TPSA) is 96.0 Å². The Morgan fingerprint density at radius 3 is 2.13 bits per heavy atom. The number of anilines is 1. The van der Waals surface area contributed by atoms with E-state index in [-0.39, 0.29) is 23.5 Å². The summed E-state index contributed by atoms with van der Waals surface area (Å²) in [6, 6.07) is 16.6. The molecule has 0 fully saturated rings. The van der Waals surface area contributed by atoms with Crippen molar-refractivity contribution in [2.24, 2.45) is 0 Å². The molecule has 3 aromatic carbocycles. The number of carbonyl (C=O) groups is 2. The summed E-state index contributed by atoms with van der Waals surface area (Å²) < 4.78 is 47.6. The van der Waals surface area contributed by atoms with Crippen molar-refractivity contribution in [2.75, 3.05) is 24.5 Å². The van der Waals surface area contributed by atoms with Gasteiger partial charge in [-0.15, -0.1) is 0 Å². The molecule has 0 saturated heterocycles. The zero-order valence-corrected chi connectivity index (χ0v) is 23.5. The summed E-state index contributed by atoms with van der Waals surface area (Å²) in [5.41, 5.74) is 0.816. The van der Waals surface area contributed by atoms with E-state index in [2.05, 4.69) is 5.32 Å². The van der Waals surface area contributed by atoms with Gasteiger partial charge in [0.25, 0.3) is 10.0 Å². The normalized spacial score (nSPS) is 11.9. The Hall–Kier alpha value is -3.63. The molecule has 3 rings (SSSR count). The third kappa shape index (κ3) is 7.48. The van der Waals surface area contributed by atoms with Crippen LogP contribution >= 0.6 is 11.6 Å². The van der Waals surface area contributed by atoms with Gasteiger partial charge in [-0.1, -0.05) is 30.7 Å². The number of benzene rings is 3. The summed E-state index contributed by atoms with van der Waals surface area (Å²) in [4.78, 5) is 27.8. The maximum Gasteiger partial charge on any atom is 0.264 e. The molecule has 1 unspecified atom stereocenters. The highest BCUT2D eigenvalue weighted by atomic mass is 35.5. The number of nitrogens with zero attached hydrogens (tertiary/aromatic N) is 2. The van der Waals surface area contributed by atoms with Crippen molar-refractivity contribution >= 4 is 39.1 Å². The van der Waals surface area contributed by atoms with Crippen molar-refractivity contribution in [1.82, 2.24) is 10.2 Å². The number of ether oxygens (including phenoxy) is 1. The smallest absolute Gasteiger partial charge is 0.264 e. The Labute approximate surface area is 233 Å². The first-order valence-electron chi connectivity index (χ1n) is 12.4. The predicted molar refractivity (Wildman–Crippen MR) is 149 cm³/mol. The van der Waals surface area contributed by atoms with Crippen LogP contribution in [0.4, 0.5) is 10.1 Å². The monoisotopic (exact) mass is 575 g/mol. The summed E-state index contributed by atoms with van der Waals surface area (Å²) in [6.45, 7) is 3.40.